The Labute approximate surface area is 159 Å². The number of halogens is 1. The Morgan fingerprint density at radius 1 is 1.15 bits per heavy atom. The van der Waals surface area contributed by atoms with E-state index < -0.39 is 0 Å². The summed E-state index contributed by atoms with van der Waals surface area (Å²) in [6.07, 6.45) is 8.84. The van der Waals surface area contributed by atoms with Crippen molar-refractivity contribution < 1.29 is 0 Å². The first-order valence-electron chi connectivity index (χ1n) is 9.07. The first kappa shape index (κ1) is 17.1. The maximum atomic E-state index is 6.12. The van der Waals surface area contributed by atoms with Gasteiger partial charge >= 0.3 is 0 Å². The molecule has 5 heteroatoms. The van der Waals surface area contributed by atoms with Crippen LogP contribution in [0.4, 0.5) is 5.69 Å². The molecule has 0 atom stereocenters. The van der Waals surface area contributed by atoms with Crippen LogP contribution in [-0.4, -0.2) is 21.1 Å². The van der Waals surface area contributed by atoms with Crippen LogP contribution in [0, 0.1) is 0 Å². The van der Waals surface area contributed by atoms with Gasteiger partial charge in [0.25, 0.3) is 0 Å². The lowest BCUT2D eigenvalue weighted by Crippen LogP contribution is -2.30. The summed E-state index contributed by atoms with van der Waals surface area (Å²) in [6.45, 7) is 7.03. The van der Waals surface area contributed by atoms with Crippen molar-refractivity contribution in [2.45, 2.75) is 39.3 Å². The Morgan fingerprint density at radius 2 is 2.04 bits per heavy atom. The topological polar surface area (TPSA) is 34.0 Å². The molecule has 1 aliphatic heterocycles. The zero-order chi connectivity index (χ0) is 18.1. The van der Waals surface area contributed by atoms with Crippen LogP contribution in [-0.2, 0) is 19.5 Å². The van der Waals surface area contributed by atoms with E-state index in [1.165, 1.54) is 22.4 Å². The molecule has 4 nitrogen and oxygen atoms in total. The molecule has 0 fully saturated rings. The monoisotopic (exact) mass is 366 g/mol. The standard InChI is InChI=1S/C21H23ClN4/c1-15(2)21-24-6-8-26(21)13-16-9-20(12-23-11-16)25-7-5-17-10-19(22)4-3-18(17)14-25/h3-4,6,8-12,15H,5,7,13-14H2,1-2H3. The van der Waals surface area contributed by atoms with Gasteiger partial charge in [-0.15, -0.1) is 0 Å². The summed E-state index contributed by atoms with van der Waals surface area (Å²) in [5, 5.41) is 0.821. The number of imidazole rings is 1. The Morgan fingerprint density at radius 3 is 2.88 bits per heavy atom. The molecule has 1 aliphatic rings. The third-order valence-electron chi connectivity index (χ3n) is 4.94. The third-order valence-corrected chi connectivity index (χ3v) is 5.18. The van der Waals surface area contributed by atoms with E-state index >= 15 is 0 Å². The molecule has 0 spiro atoms. The quantitative estimate of drug-likeness (QED) is 0.673. The number of nitrogens with zero attached hydrogens (tertiary/aromatic N) is 4. The molecule has 0 saturated heterocycles. The number of hydrogen-bond donors (Lipinski definition) is 0. The van der Waals surface area contributed by atoms with Gasteiger partial charge in [-0.25, -0.2) is 4.98 Å². The molecule has 2 aromatic heterocycles. The highest BCUT2D eigenvalue weighted by atomic mass is 35.5. The van der Waals surface area contributed by atoms with Crippen LogP contribution in [0.25, 0.3) is 0 Å². The number of benzene rings is 1. The van der Waals surface area contributed by atoms with Crippen molar-refractivity contribution in [2.75, 3.05) is 11.4 Å². The molecular weight excluding hydrogens is 344 g/mol. The van der Waals surface area contributed by atoms with Crippen molar-refractivity contribution >= 4 is 17.3 Å². The Kier molecular flexibility index (Phi) is 4.68. The maximum absolute atomic E-state index is 6.12. The molecule has 3 heterocycles. The van der Waals surface area contributed by atoms with E-state index in [1.807, 2.05) is 30.9 Å². The predicted molar refractivity (Wildman–Crippen MR) is 106 cm³/mol. The fraction of sp³-hybridized carbons (Fsp3) is 0.333. The van der Waals surface area contributed by atoms with Gasteiger partial charge in [-0.3, -0.25) is 4.98 Å². The minimum absolute atomic E-state index is 0.409. The average Bonchev–Trinajstić information content (AvgIpc) is 3.10. The fourth-order valence-electron chi connectivity index (χ4n) is 3.63. The molecule has 1 aromatic carbocycles. The molecule has 0 amide bonds. The van der Waals surface area contributed by atoms with Crippen molar-refractivity contribution in [3.05, 3.63) is 76.6 Å². The lowest BCUT2D eigenvalue weighted by molar-refractivity contribution is 0.667. The Bertz CT molecular complexity index is 916. The van der Waals surface area contributed by atoms with Crippen molar-refractivity contribution in [2.24, 2.45) is 0 Å². The van der Waals surface area contributed by atoms with Crippen LogP contribution in [0.15, 0.2) is 49.1 Å². The van der Waals surface area contributed by atoms with Gasteiger partial charge in [-0.1, -0.05) is 31.5 Å². The molecule has 0 saturated carbocycles. The maximum Gasteiger partial charge on any atom is 0.111 e. The average molecular weight is 367 g/mol. The molecular formula is C21H23ClN4. The van der Waals surface area contributed by atoms with Crippen molar-refractivity contribution in [3.8, 4) is 0 Å². The number of pyridine rings is 1. The fourth-order valence-corrected chi connectivity index (χ4v) is 3.82. The first-order valence-corrected chi connectivity index (χ1v) is 9.45. The molecule has 134 valence electrons. The number of fused-ring (bicyclic) bond motifs is 1. The van der Waals surface area contributed by atoms with E-state index in [0.717, 1.165) is 36.9 Å². The summed E-state index contributed by atoms with van der Waals surface area (Å²) in [5.41, 5.74) is 5.08. The third kappa shape index (κ3) is 3.47. The Balaban J connectivity index is 1.55. The highest BCUT2D eigenvalue weighted by Gasteiger charge is 2.17. The van der Waals surface area contributed by atoms with Gasteiger partial charge < -0.3 is 9.47 Å². The first-order chi connectivity index (χ1) is 12.6. The zero-order valence-electron chi connectivity index (χ0n) is 15.2. The van der Waals surface area contributed by atoms with Crippen LogP contribution in [0.5, 0.6) is 0 Å². The molecule has 0 aliphatic carbocycles. The second-order valence-electron chi connectivity index (χ2n) is 7.20. The van der Waals surface area contributed by atoms with Crippen LogP contribution in [0.3, 0.4) is 0 Å². The van der Waals surface area contributed by atoms with Gasteiger partial charge in [0.15, 0.2) is 0 Å². The van der Waals surface area contributed by atoms with Crippen molar-refractivity contribution in [1.29, 1.82) is 0 Å². The highest BCUT2D eigenvalue weighted by molar-refractivity contribution is 6.30. The molecule has 4 rings (SSSR count). The lowest BCUT2D eigenvalue weighted by Gasteiger charge is -2.31. The summed E-state index contributed by atoms with van der Waals surface area (Å²) >= 11 is 6.12. The minimum Gasteiger partial charge on any atom is -0.366 e. The van der Waals surface area contributed by atoms with Gasteiger partial charge in [0.2, 0.25) is 0 Å². The molecule has 0 N–H and O–H groups in total. The molecule has 0 unspecified atom stereocenters. The minimum atomic E-state index is 0.409. The van der Waals surface area contributed by atoms with Gasteiger partial charge in [0, 0.05) is 42.6 Å². The van der Waals surface area contributed by atoms with Crippen molar-refractivity contribution in [1.82, 2.24) is 14.5 Å². The van der Waals surface area contributed by atoms with Gasteiger partial charge in [-0.2, -0.15) is 0 Å². The SMILES string of the molecule is CC(C)c1nccn1Cc1cncc(N2CCc3cc(Cl)ccc3C2)c1. The van der Waals surface area contributed by atoms with E-state index in [0.29, 0.717) is 5.92 Å². The summed E-state index contributed by atoms with van der Waals surface area (Å²) in [4.78, 5) is 11.4. The van der Waals surface area contributed by atoms with E-state index in [9.17, 15) is 0 Å². The second kappa shape index (κ2) is 7.12. The van der Waals surface area contributed by atoms with Crippen LogP contribution < -0.4 is 4.90 Å². The molecule has 26 heavy (non-hydrogen) atoms. The number of aromatic nitrogens is 3. The van der Waals surface area contributed by atoms with Crippen LogP contribution >= 0.6 is 11.6 Å². The summed E-state index contributed by atoms with van der Waals surface area (Å²) < 4.78 is 2.21. The van der Waals surface area contributed by atoms with Crippen LogP contribution in [0.1, 0.15) is 42.3 Å². The second-order valence-corrected chi connectivity index (χ2v) is 7.64. The van der Waals surface area contributed by atoms with E-state index in [1.54, 1.807) is 0 Å². The van der Waals surface area contributed by atoms with Gasteiger partial charge in [0.1, 0.15) is 5.82 Å². The van der Waals surface area contributed by atoms with E-state index in [-0.39, 0.29) is 0 Å². The smallest absolute Gasteiger partial charge is 0.111 e. The summed E-state index contributed by atoms with van der Waals surface area (Å²) in [7, 11) is 0. The molecule has 0 radical (unpaired) electrons. The van der Waals surface area contributed by atoms with Crippen molar-refractivity contribution in [3.63, 3.8) is 0 Å². The molecule has 3 aromatic rings. The van der Waals surface area contributed by atoms with Gasteiger partial charge in [0.05, 0.1) is 18.4 Å². The van der Waals surface area contributed by atoms with E-state index in [2.05, 4.69) is 51.5 Å². The van der Waals surface area contributed by atoms with Gasteiger partial charge in [-0.05, 0) is 41.3 Å². The number of anilines is 1. The number of rotatable bonds is 4. The molecule has 0 bridgehead atoms. The summed E-state index contributed by atoms with van der Waals surface area (Å²) in [6, 6.07) is 8.46. The predicted octanol–water partition coefficient (Wildman–Crippen LogP) is 4.67. The van der Waals surface area contributed by atoms with Crippen LogP contribution in [0.2, 0.25) is 5.02 Å². The normalized spacial score (nSPS) is 13.9. The zero-order valence-corrected chi connectivity index (χ0v) is 15.9. The number of hydrogen-bond acceptors (Lipinski definition) is 3. The van der Waals surface area contributed by atoms with E-state index in [4.69, 9.17) is 11.6 Å². The lowest BCUT2D eigenvalue weighted by atomic mass is 9.99. The summed E-state index contributed by atoms with van der Waals surface area (Å²) in [5.74, 6) is 1.52. The highest BCUT2D eigenvalue weighted by Crippen LogP contribution is 2.27. The largest absolute Gasteiger partial charge is 0.366 e. The Hall–Kier alpha value is -2.33.